The van der Waals surface area contributed by atoms with E-state index in [4.69, 9.17) is 4.98 Å². The van der Waals surface area contributed by atoms with E-state index < -0.39 is 0 Å². The summed E-state index contributed by atoms with van der Waals surface area (Å²) in [6.45, 7) is 4.66. The monoisotopic (exact) mass is 281 g/mol. The fourth-order valence-corrected chi connectivity index (χ4v) is 4.06. The fraction of sp³-hybridized carbons (Fsp3) is 0.786. The highest BCUT2D eigenvalue weighted by molar-refractivity contribution is 7.15. The lowest BCUT2D eigenvalue weighted by Crippen LogP contribution is -2.31. The Hall–Kier alpha value is -0.650. The number of aryl methyl sites for hydroxylation is 1. The molecular formula is C14H23N3OS. The van der Waals surface area contributed by atoms with Crippen molar-refractivity contribution in [1.29, 1.82) is 0 Å². The molecule has 0 amide bonds. The van der Waals surface area contributed by atoms with Gasteiger partial charge in [-0.15, -0.1) is 0 Å². The molecule has 1 fully saturated rings. The maximum Gasteiger partial charge on any atom is 0.185 e. The molecule has 0 spiro atoms. The van der Waals surface area contributed by atoms with Gasteiger partial charge in [-0.25, -0.2) is 4.98 Å². The minimum absolute atomic E-state index is 0.276. The highest BCUT2D eigenvalue weighted by Gasteiger charge is 2.24. The number of nitrogens with zero attached hydrogens (tertiary/aromatic N) is 3. The molecule has 1 saturated heterocycles. The van der Waals surface area contributed by atoms with Gasteiger partial charge in [-0.05, 0) is 45.2 Å². The van der Waals surface area contributed by atoms with Crippen LogP contribution in [0.3, 0.4) is 0 Å². The van der Waals surface area contributed by atoms with Crippen LogP contribution in [-0.2, 0) is 6.42 Å². The van der Waals surface area contributed by atoms with Crippen molar-refractivity contribution < 1.29 is 5.11 Å². The van der Waals surface area contributed by atoms with Crippen LogP contribution in [0.15, 0.2) is 0 Å². The van der Waals surface area contributed by atoms with E-state index in [-0.39, 0.29) is 6.10 Å². The zero-order chi connectivity index (χ0) is 13.2. The van der Waals surface area contributed by atoms with Crippen molar-refractivity contribution in [2.75, 3.05) is 38.1 Å². The number of fused-ring (bicyclic) bond motifs is 1. The van der Waals surface area contributed by atoms with Crippen LogP contribution in [0, 0.1) is 0 Å². The van der Waals surface area contributed by atoms with Crippen LogP contribution in [0.5, 0.6) is 0 Å². The molecule has 0 aromatic carbocycles. The summed E-state index contributed by atoms with van der Waals surface area (Å²) in [5.41, 5.74) is 1.13. The van der Waals surface area contributed by atoms with Crippen LogP contribution in [0.1, 0.15) is 42.4 Å². The molecule has 0 bridgehead atoms. The molecule has 1 aromatic heterocycles. The van der Waals surface area contributed by atoms with E-state index in [1.807, 2.05) is 0 Å². The van der Waals surface area contributed by atoms with Gasteiger partial charge in [-0.1, -0.05) is 11.3 Å². The van der Waals surface area contributed by atoms with Crippen molar-refractivity contribution in [3.63, 3.8) is 0 Å². The maximum atomic E-state index is 10.0. The number of hydrogen-bond acceptors (Lipinski definition) is 5. The smallest absolute Gasteiger partial charge is 0.185 e. The average Bonchev–Trinajstić information content (AvgIpc) is 3.05. The lowest BCUT2D eigenvalue weighted by atomic mass is 10.0. The Balaban J connectivity index is 1.61. The Bertz CT molecular complexity index is 428. The Labute approximate surface area is 119 Å². The van der Waals surface area contributed by atoms with Crippen LogP contribution in [-0.4, -0.2) is 48.2 Å². The van der Waals surface area contributed by atoms with E-state index in [9.17, 15) is 5.11 Å². The molecule has 2 aliphatic rings. The molecule has 0 radical (unpaired) electrons. The third kappa shape index (κ3) is 2.93. The number of likely N-dealkylation sites (tertiary alicyclic amines) is 1. The first kappa shape index (κ1) is 13.3. The highest BCUT2D eigenvalue weighted by atomic mass is 32.1. The Morgan fingerprint density at radius 3 is 2.89 bits per heavy atom. The molecule has 1 aliphatic carbocycles. The van der Waals surface area contributed by atoms with E-state index in [0.717, 1.165) is 48.1 Å². The predicted molar refractivity (Wildman–Crippen MR) is 79.0 cm³/mol. The summed E-state index contributed by atoms with van der Waals surface area (Å²) in [4.78, 5) is 10.6. The summed E-state index contributed by atoms with van der Waals surface area (Å²) in [6.07, 6.45) is 5.41. The zero-order valence-corrected chi connectivity index (χ0v) is 12.5. The van der Waals surface area contributed by atoms with Gasteiger partial charge in [0.1, 0.15) is 0 Å². The molecule has 4 nitrogen and oxygen atoms in total. The van der Waals surface area contributed by atoms with Crippen LogP contribution in [0.4, 0.5) is 5.13 Å². The van der Waals surface area contributed by atoms with Crippen molar-refractivity contribution >= 4 is 16.5 Å². The van der Waals surface area contributed by atoms with E-state index in [0.29, 0.717) is 0 Å². The van der Waals surface area contributed by atoms with Crippen molar-refractivity contribution in [2.45, 2.75) is 38.2 Å². The first-order valence-electron chi connectivity index (χ1n) is 7.35. The summed E-state index contributed by atoms with van der Waals surface area (Å²) in [5.74, 6) is 0. The van der Waals surface area contributed by atoms with Crippen LogP contribution in [0.2, 0.25) is 0 Å². The minimum Gasteiger partial charge on any atom is -0.388 e. The standard InChI is InChI=1S/C14H23N3OS/c1-16(9-10-17-7-2-3-8-17)14-15-11-5-4-6-12(18)13(11)19-14/h12,18H,2-10H2,1H3. The molecule has 1 unspecified atom stereocenters. The first-order chi connectivity index (χ1) is 9.24. The number of rotatable bonds is 4. The van der Waals surface area contributed by atoms with Crippen molar-refractivity contribution in [3.05, 3.63) is 10.6 Å². The first-order valence-corrected chi connectivity index (χ1v) is 8.17. The summed E-state index contributed by atoms with van der Waals surface area (Å²) in [6, 6.07) is 0. The Morgan fingerprint density at radius 1 is 1.37 bits per heavy atom. The second-order valence-electron chi connectivity index (χ2n) is 5.69. The third-order valence-electron chi connectivity index (χ3n) is 4.19. The minimum atomic E-state index is -0.276. The number of hydrogen-bond donors (Lipinski definition) is 1. The van der Waals surface area contributed by atoms with Gasteiger partial charge in [-0.3, -0.25) is 0 Å². The van der Waals surface area contributed by atoms with Gasteiger partial charge >= 0.3 is 0 Å². The SMILES string of the molecule is CN(CCN1CCCC1)c1nc2c(s1)C(O)CCC2. The largest absolute Gasteiger partial charge is 0.388 e. The summed E-state index contributed by atoms with van der Waals surface area (Å²) < 4.78 is 0. The maximum absolute atomic E-state index is 10.0. The summed E-state index contributed by atoms with van der Waals surface area (Å²) in [7, 11) is 2.12. The summed E-state index contributed by atoms with van der Waals surface area (Å²) in [5, 5.41) is 11.1. The third-order valence-corrected chi connectivity index (χ3v) is 5.50. The van der Waals surface area contributed by atoms with Crippen LogP contribution in [0.25, 0.3) is 0 Å². The van der Waals surface area contributed by atoms with Crippen molar-refractivity contribution in [1.82, 2.24) is 9.88 Å². The average molecular weight is 281 g/mol. The van der Waals surface area contributed by atoms with Gasteiger partial charge in [0.05, 0.1) is 16.7 Å². The molecular weight excluding hydrogens is 258 g/mol. The molecule has 1 N–H and O–H groups in total. The van der Waals surface area contributed by atoms with E-state index >= 15 is 0 Å². The number of anilines is 1. The van der Waals surface area contributed by atoms with E-state index in [1.165, 1.54) is 25.9 Å². The Morgan fingerprint density at radius 2 is 2.16 bits per heavy atom. The Kier molecular flexibility index (Phi) is 4.05. The molecule has 106 valence electrons. The van der Waals surface area contributed by atoms with Crippen LogP contribution < -0.4 is 4.90 Å². The van der Waals surface area contributed by atoms with Crippen molar-refractivity contribution in [2.24, 2.45) is 0 Å². The van der Waals surface area contributed by atoms with Gasteiger partial charge in [0, 0.05) is 20.1 Å². The number of aliphatic hydroxyl groups is 1. The molecule has 0 saturated carbocycles. The van der Waals surface area contributed by atoms with E-state index in [1.54, 1.807) is 11.3 Å². The van der Waals surface area contributed by atoms with Gasteiger partial charge in [0.25, 0.3) is 0 Å². The number of aromatic nitrogens is 1. The zero-order valence-electron chi connectivity index (χ0n) is 11.6. The van der Waals surface area contributed by atoms with E-state index in [2.05, 4.69) is 16.8 Å². The molecule has 5 heteroatoms. The second kappa shape index (κ2) is 5.77. The van der Waals surface area contributed by atoms with Gasteiger partial charge in [-0.2, -0.15) is 0 Å². The fourth-order valence-electron chi connectivity index (χ4n) is 2.94. The number of aliphatic hydroxyl groups excluding tert-OH is 1. The molecule has 2 heterocycles. The highest BCUT2D eigenvalue weighted by Crippen LogP contribution is 2.37. The predicted octanol–water partition coefficient (Wildman–Crippen LogP) is 2.04. The van der Waals surface area contributed by atoms with Crippen LogP contribution >= 0.6 is 11.3 Å². The quantitative estimate of drug-likeness (QED) is 0.917. The number of likely N-dealkylation sites (N-methyl/N-ethyl adjacent to an activating group) is 1. The lowest BCUT2D eigenvalue weighted by molar-refractivity contribution is 0.160. The molecule has 1 atom stereocenters. The molecule has 1 aliphatic heterocycles. The summed E-state index contributed by atoms with van der Waals surface area (Å²) >= 11 is 1.68. The lowest BCUT2D eigenvalue weighted by Gasteiger charge is -2.20. The molecule has 1 aromatic rings. The van der Waals surface area contributed by atoms with Gasteiger partial charge in [0.2, 0.25) is 0 Å². The topological polar surface area (TPSA) is 39.6 Å². The second-order valence-corrected chi connectivity index (χ2v) is 6.69. The van der Waals surface area contributed by atoms with Gasteiger partial charge in [0.15, 0.2) is 5.13 Å². The molecule has 19 heavy (non-hydrogen) atoms. The van der Waals surface area contributed by atoms with Gasteiger partial charge < -0.3 is 14.9 Å². The number of thiazole rings is 1. The molecule has 3 rings (SSSR count). The van der Waals surface area contributed by atoms with Crippen molar-refractivity contribution in [3.8, 4) is 0 Å². The normalized spacial score (nSPS) is 23.6.